The zero-order valence-corrected chi connectivity index (χ0v) is 14.2. The lowest BCUT2D eigenvalue weighted by molar-refractivity contribution is -0.124. The van der Waals surface area contributed by atoms with Crippen molar-refractivity contribution in [2.75, 3.05) is 19.8 Å². The lowest BCUT2D eigenvalue weighted by atomic mass is 10.1. The lowest BCUT2D eigenvalue weighted by Gasteiger charge is -2.35. The van der Waals surface area contributed by atoms with E-state index in [9.17, 15) is 9.59 Å². The highest BCUT2D eigenvalue weighted by Crippen LogP contribution is 2.38. The van der Waals surface area contributed by atoms with E-state index in [1.54, 1.807) is 0 Å². The molecule has 120 valence electrons. The van der Waals surface area contributed by atoms with E-state index in [0.717, 1.165) is 6.42 Å². The summed E-state index contributed by atoms with van der Waals surface area (Å²) in [6.07, 6.45) is 2.87. The number of hydrogen-bond acceptors (Lipinski definition) is 5. The van der Waals surface area contributed by atoms with Crippen LogP contribution in [-0.2, 0) is 22.9 Å². The summed E-state index contributed by atoms with van der Waals surface area (Å²) in [5, 5.41) is 2.29. The predicted octanol–water partition coefficient (Wildman–Crippen LogP) is 1.79. The molecule has 6 nitrogen and oxygen atoms in total. The van der Waals surface area contributed by atoms with Gasteiger partial charge in [0.05, 0.1) is 5.54 Å². The molecule has 7 heteroatoms. The standard InChI is InChI=1S/C14H25NO5Si/c1-5-9-12(11-10-13(16)15-14(11)17)21(18-6-2,19-7-3)20-8-4/h10,12H,5-9H2,1-4H3,(H,15,16,17). The molecule has 0 aromatic heterocycles. The molecule has 0 spiro atoms. The van der Waals surface area contributed by atoms with E-state index < -0.39 is 8.80 Å². The minimum atomic E-state index is -3.06. The molecule has 0 radical (unpaired) electrons. The summed E-state index contributed by atoms with van der Waals surface area (Å²) in [6.45, 7) is 8.95. The maximum absolute atomic E-state index is 12.0. The molecule has 0 saturated carbocycles. The SMILES string of the molecule is CCCC(C1=CC(=O)NC1=O)[Si](OCC)(OCC)OCC. The molecule has 0 bridgehead atoms. The Kier molecular flexibility index (Phi) is 7.23. The Bertz CT molecular complexity index is 393. The van der Waals surface area contributed by atoms with Gasteiger partial charge in [-0.2, -0.15) is 0 Å². The van der Waals surface area contributed by atoms with E-state index in [4.69, 9.17) is 13.3 Å². The Morgan fingerprint density at radius 1 is 1.05 bits per heavy atom. The summed E-state index contributed by atoms with van der Waals surface area (Å²) in [4.78, 5) is 23.5. The molecular formula is C14H25NO5Si. The van der Waals surface area contributed by atoms with Crippen molar-refractivity contribution in [1.82, 2.24) is 5.32 Å². The second-order valence-electron chi connectivity index (χ2n) is 4.66. The van der Waals surface area contributed by atoms with Crippen molar-refractivity contribution in [3.05, 3.63) is 11.6 Å². The summed E-state index contributed by atoms with van der Waals surface area (Å²) in [5.41, 5.74) is 0.109. The number of nitrogens with one attached hydrogen (secondary N) is 1. The van der Waals surface area contributed by atoms with Crippen molar-refractivity contribution in [2.45, 2.75) is 46.1 Å². The smallest absolute Gasteiger partial charge is 0.373 e. The normalized spacial score (nSPS) is 16.9. The summed E-state index contributed by atoms with van der Waals surface area (Å²) in [6, 6.07) is 0. The third kappa shape index (κ3) is 4.23. The van der Waals surface area contributed by atoms with Crippen molar-refractivity contribution >= 4 is 20.6 Å². The van der Waals surface area contributed by atoms with Crippen molar-refractivity contribution in [2.24, 2.45) is 0 Å². The summed E-state index contributed by atoms with van der Waals surface area (Å²) >= 11 is 0. The fourth-order valence-corrected chi connectivity index (χ4v) is 5.83. The first kappa shape index (κ1) is 18.0. The maximum Gasteiger partial charge on any atom is 0.509 e. The fourth-order valence-electron chi connectivity index (χ4n) is 2.53. The van der Waals surface area contributed by atoms with Crippen LogP contribution in [0.15, 0.2) is 11.6 Å². The van der Waals surface area contributed by atoms with Crippen LogP contribution in [0.1, 0.15) is 40.5 Å². The Morgan fingerprint density at radius 2 is 1.57 bits per heavy atom. The van der Waals surface area contributed by atoms with Gasteiger partial charge >= 0.3 is 8.80 Å². The molecule has 0 aromatic carbocycles. The molecule has 1 rings (SSSR count). The van der Waals surface area contributed by atoms with Crippen molar-refractivity contribution in [3.8, 4) is 0 Å². The number of rotatable bonds is 10. The lowest BCUT2D eigenvalue weighted by Crippen LogP contribution is -2.51. The zero-order chi connectivity index (χ0) is 15.9. The van der Waals surface area contributed by atoms with Gasteiger partial charge in [-0.25, -0.2) is 0 Å². The molecular weight excluding hydrogens is 290 g/mol. The van der Waals surface area contributed by atoms with Crippen LogP contribution in [-0.4, -0.2) is 40.4 Å². The van der Waals surface area contributed by atoms with Gasteiger partial charge in [0.1, 0.15) is 0 Å². The molecule has 1 atom stereocenters. The summed E-state index contributed by atoms with van der Waals surface area (Å²) in [5.74, 6) is -0.752. The van der Waals surface area contributed by atoms with Gasteiger partial charge in [-0.3, -0.25) is 14.9 Å². The molecule has 21 heavy (non-hydrogen) atoms. The highest BCUT2D eigenvalue weighted by molar-refractivity contribution is 6.64. The average molecular weight is 315 g/mol. The second kappa shape index (κ2) is 8.43. The Hall–Kier alpha value is -1.02. The first-order valence-electron chi connectivity index (χ1n) is 7.53. The van der Waals surface area contributed by atoms with Gasteiger partial charge in [-0.1, -0.05) is 13.3 Å². The topological polar surface area (TPSA) is 73.9 Å². The molecule has 1 unspecified atom stereocenters. The molecule has 1 N–H and O–H groups in total. The molecule has 0 saturated heterocycles. The number of imide groups is 1. The molecule has 1 aliphatic heterocycles. The quantitative estimate of drug-likeness (QED) is 0.491. The average Bonchev–Trinajstić information content (AvgIpc) is 2.75. The Labute approximate surface area is 127 Å². The van der Waals surface area contributed by atoms with E-state index in [1.165, 1.54) is 6.08 Å². The van der Waals surface area contributed by atoms with Gasteiger partial charge in [-0.15, -0.1) is 0 Å². The van der Waals surface area contributed by atoms with E-state index in [0.29, 0.717) is 31.8 Å². The highest BCUT2D eigenvalue weighted by atomic mass is 28.4. The third-order valence-corrected chi connectivity index (χ3v) is 6.73. The molecule has 2 amide bonds. The second-order valence-corrected chi connectivity index (χ2v) is 7.43. The van der Waals surface area contributed by atoms with Crippen LogP contribution in [0.25, 0.3) is 0 Å². The van der Waals surface area contributed by atoms with E-state index in [1.807, 2.05) is 27.7 Å². The molecule has 0 fully saturated rings. The van der Waals surface area contributed by atoms with E-state index >= 15 is 0 Å². The first-order chi connectivity index (χ1) is 10.0. The van der Waals surface area contributed by atoms with Gasteiger partial charge < -0.3 is 13.3 Å². The Balaban J connectivity index is 3.20. The number of carbonyl (C=O) groups is 2. The molecule has 1 heterocycles. The van der Waals surface area contributed by atoms with Crippen molar-refractivity contribution < 1.29 is 22.9 Å². The van der Waals surface area contributed by atoms with Crippen molar-refractivity contribution in [3.63, 3.8) is 0 Å². The minimum absolute atomic E-state index is 0.311. The number of carbonyl (C=O) groups excluding carboxylic acids is 2. The summed E-state index contributed by atoms with van der Waals surface area (Å²) < 4.78 is 17.7. The highest BCUT2D eigenvalue weighted by Gasteiger charge is 2.52. The van der Waals surface area contributed by atoms with Crippen molar-refractivity contribution in [1.29, 1.82) is 0 Å². The first-order valence-corrected chi connectivity index (χ1v) is 9.33. The monoisotopic (exact) mass is 315 g/mol. The van der Waals surface area contributed by atoms with E-state index in [-0.39, 0.29) is 17.4 Å². The van der Waals surface area contributed by atoms with E-state index in [2.05, 4.69) is 5.32 Å². The molecule has 0 aromatic rings. The molecule has 0 aliphatic carbocycles. The van der Waals surface area contributed by atoms with Crippen LogP contribution in [0.5, 0.6) is 0 Å². The predicted molar refractivity (Wildman–Crippen MR) is 80.5 cm³/mol. The third-order valence-electron chi connectivity index (χ3n) is 3.20. The number of hydrogen-bond donors (Lipinski definition) is 1. The van der Waals surface area contributed by atoms with Gasteiger partial charge in [0.2, 0.25) is 0 Å². The van der Waals surface area contributed by atoms with Crippen LogP contribution in [0.3, 0.4) is 0 Å². The van der Waals surface area contributed by atoms with Crippen LogP contribution in [0.4, 0.5) is 0 Å². The summed E-state index contributed by atoms with van der Waals surface area (Å²) in [7, 11) is -3.06. The minimum Gasteiger partial charge on any atom is -0.373 e. The number of amides is 2. The van der Waals surface area contributed by atoms with Crippen LogP contribution in [0.2, 0.25) is 5.54 Å². The largest absolute Gasteiger partial charge is 0.509 e. The van der Waals surface area contributed by atoms with Crippen LogP contribution >= 0.6 is 0 Å². The van der Waals surface area contributed by atoms with Crippen LogP contribution < -0.4 is 5.32 Å². The van der Waals surface area contributed by atoms with Crippen LogP contribution in [0, 0.1) is 0 Å². The molecule has 1 aliphatic rings. The van der Waals surface area contributed by atoms with Gasteiger partial charge in [0.25, 0.3) is 11.8 Å². The van der Waals surface area contributed by atoms with Gasteiger partial charge in [0.15, 0.2) is 0 Å². The van der Waals surface area contributed by atoms with Gasteiger partial charge in [-0.05, 0) is 27.2 Å². The Morgan fingerprint density at radius 3 is 1.90 bits per heavy atom. The maximum atomic E-state index is 12.0. The fraction of sp³-hybridized carbons (Fsp3) is 0.714. The zero-order valence-electron chi connectivity index (χ0n) is 13.2. The van der Waals surface area contributed by atoms with Gasteiger partial charge in [0, 0.05) is 31.5 Å².